The van der Waals surface area contributed by atoms with E-state index in [1.165, 1.54) is 120 Å². The van der Waals surface area contributed by atoms with Crippen LogP contribution in [0.2, 0.25) is 0 Å². The van der Waals surface area contributed by atoms with Crippen LogP contribution in [-0.4, -0.2) is 0 Å². The molecule has 31 heavy (non-hydrogen) atoms. The van der Waals surface area contributed by atoms with Gasteiger partial charge >= 0.3 is 0 Å². The lowest BCUT2D eigenvalue weighted by molar-refractivity contribution is 0.422. The fourth-order valence-electron chi connectivity index (χ4n) is 5.61. The van der Waals surface area contributed by atoms with Crippen molar-refractivity contribution in [1.29, 1.82) is 0 Å². The number of hydrogen-bond donors (Lipinski definition) is 0. The van der Waals surface area contributed by atoms with Crippen LogP contribution in [0.15, 0.2) is 36.4 Å². The molecule has 0 N–H and O–H groups in total. The van der Waals surface area contributed by atoms with Crippen LogP contribution in [0.1, 0.15) is 134 Å². The molecule has 2 aliphatic carbocycles. The average Bonchev–Trinajstić information content (AvgIpc) is 2.83. The maximum atomic E-state index is 2.56. The SMILES string of the molecule is CCCCCCCCCC1CC=C(c2ccc(C3=CCC(CCCC)CC3)cc2)CC1. The van der Waals surface area contributed by atoms with Crippen molar-refractivity contribution in [3.8, 4) is 0 Å². The minimum absolute atomic E-state index is 0.935. The van der Waals surface area contributed by atoms with Crippen molar-refractivity contribution in [2.45, 2.75) is 123 Å². The number of hydrogen-bond acceptors (Lipinski definition) is 0. The highest BCUT2D eigenvalue weighted by molar-refractivity contribution is 5.71. The van der Waals surface area contributed by atoms with Gasteiger partial charge in [-0.1, -0.05) is 121 Å². The lowest BCUT2D eigenvalue weighted by Gasteiger charge is -2.23. The largest absolute Gasteiger partial charge is 0.0804 e. The summed E-state index contributed by atoms with van der Waals surface area (Å²) in [5.74, 6) is 1.87. The van der Waals surface area contributed by atoms with Crippen molar-refractivity contribution < 1.29 is 0 Å². The smallest absolute Gasteiger partial charge is 0.0227 e. The summed E-state index contributed by atoms with van der Waals surface area (Å²) in [5.41, 5.74) is 6.12. The third kappa shape index (κ3) is 8.28. The highest BCUT2D eigenvalue weighted by Crippen LogP contribution is 2.35. The average molecular weight is 421 g/mol. The first kappa shape index (κ1) is 24.3. The van der Waals surface area contributed by atoms with Gasteiger partial charge in [-0.25, -0.2) is 0 Å². The minimum Gasteiger partial charge on any atom is -0.0804 e. The summed E-state index contributed by atoms with van der Waals surface area (Å²) >= 11 is 0. The summed E-state index contributed by atoms with van der Waals surface area (Å²) in [6.07, 6.45) is 28.7. The van der Waals surface area contributed by atoms with Gasteiger partial charge in [0.1, 0.15) is 0 Å². The van der Waals surface area contributed by atoms with Crippen molar-refractivity contribution in [2.75, 3.05) is 0 Å². The molecule has 1 aromatic carbocycles. The van der Waals surface area contributed by atoms with Crippen molar-refractivity contribution in [3.63, 3.8) is 0 Å². The second kappa shape index (κ2) is 14.0. The van der Waals surface area contributed by atoms with Gasteiger partial charge in [0, 0.05) is 0 Å². The zero-order valence-electron chi connectivity index (χ0n) is 20.6. The molecule has 2 aliphatic rings. The quantitative estimate of drug-likeness (QED) is 0.278. The van der Waals surface area contributed by atoms with Gasteiger partial charge in [0.15, 0.2) is 0 Å². The van der Waals surface area contributed by atoms with Gasteiger partial charge in [-0.2, -0.15) is 0 Å². The second-order valence-electron chi connectivity index (χ2n) is 10.4. The van der Waals surface area contributed by atoms with Crippen LogP contribution in [-0.2, 0) is 0 Å². The second-order valence-corrected chi connectivity index (χ2v) is 10.4. The molecule has 0 saturated heterocycles. The van der Waals surface area contributed by atoms with Crippen molar-refractivity contribution in [1.82, 2.24) is 0 Å². The van der Waals surface area contributed by atoms with E-state index in [0.717, 1.165) is 11.8 Å². The molecule has 0 spiro atoms. The van der Waals surface area contributed by atoms with Crippen LogP contribution in [0.5, 0.6) is 0 Å². The fourth-order valence-corrected chi connectivity index (χ4v) is 5.61. The fraction of sp³-hybridized carbons (Fsp3) is 0.677. The summed E-state index contributed by atoms with van der Waals surface area (Å²) in [4.78, 5) is 0. The standard InChI is InChI=1S/C31H48/c1-3-5-7-8-9-10-11-13-27-16-20-29(21-17-27)31-24-22-30(23-25-31)28-18-14-26(15-19-28)12-6-4-2/h18,20,22-27H,3-17,19,21H2,1-2H3. The number of rotatable bonds is 13. The van der Waals surface area contributed by atoms with Crippen molar-refractivity contribution in [2.24, 2.45) is 11.8 Å². The van der Waals surface area contributed by atoms with Gasteiger partial charge in [-0.3, -0.25) is 0 Å². The van der Waals surface area contributed by atoms with E-state index in [-0.39, 0.29) is 0 Å². The number of unbranched alkanes of at least 4 members (excludes halogenated alkanes) is 7. The van der Waals surface area contributed by atoms with E-state index in [9.17, 15) is 0 Å². The maximum absolute atomic E-state index is 2.56. The van der Waals surface area contributed by atoms with Gasteiger partial charge in [0.05, 0.1) is 0 Å². The topological polar surface area (TPSA) is 0 Å². The first-order valence-corrected chi connectivity index (χ1v) is 13.8. The van der Waals surface area contributed by atoms with Gasteiger partial charge in [0.2, 0.25) is 0 Å². The Morgan fingerprint density at radius 2 is 1.03 bits per heavy atom. The first-order chi connectivity index (χ1) is 15.3. The molecule has 0 heterocycles. The third-order valence-corrected chi connectivity index (χ3v) is 7.85. The molecule has 0 heteroatoms. The van der Waals surface area contributed by atoms with Crippen LogP contribution in [0, 0.1) is 11.8 Å². The van der Waals surface area contributed by atoms with Gasteiger partial charge < -0.3 is 0 Å². The zero-order valence-corrected chi connectivity index (χ0v) is 20.6. The summed E-state index contributed by atoms with van der Waals surface area (Å²) in [7, 11) is 0. The summed E-state index contributed by atoms with van der Waals surface area (Å²) < 4.78 is 0. The van der Waals surface area contributed by atoms with Gasteiger partial charge in [0.25, 0.3) is 0 Å². The third-order valence-electron chi connectivity index (χ3n) is 7.85. The molecule has 0 nitrogen and oxygen atoms in total. The normalized spacial score (nSPS) is 21.6. The lowest BCUT2D eigenvalue weighted by Crippen LogP contribution is -2.06. The van der Waals surface area contributed by atoms with Crippen molar-refractivity contribution in [3.05, 3.63) is 47.5 Å². The molecule has 2 atom stereocenters. The van der Waals surface area contributed by atoms with Crippen LogP contribution < -0.4 is 0 Å². The first-order valence-electron chi connectivity index (χ1n) is 13.8. The molecule has 0 radical (unpaired) electrons. The summed E-state index contributed by atoms with van der Waals surface area (Å²) in [5, 5.41) is 0. The number of benzene rings is 1. The predicted molar refractivity (Wildman–Crippen MR) is 139 cm³/mol. The monoisotopic (exact) mass is 420 g/mol. The van der Waals surface area contributed by atoms with E-state index in [4.69, 9.17) is 0 Å². The molecule has 172 valence electrons. The van der Waals surface area contributed by atoms with E-state index in [0.29, 0.717) is 0 Å². The van der Waals surface area contributed by atoms with Crippen LogP contribution in [0.4, 0.5) is 0 Å². The zero-order chi connectivity index (χ0) is 21.7. The molecule has 0 saturated carbocycles. The van der Waals surface area contributed by atoms with Crippen molar-refractivity contribution >= 4 is 11.1 Å². The molecule has 0 bridgehead atoms. The maximum Gasteiger partial charge on any atom is -0.0227 e. The van der Waals surface area contributed by atoms with Crippen LogP contribution in [0.25, 0.3) is 11.1 Å². The van der Waals surface area contributed by atoms with E-state index in [2.05, 4.69) is 50.3 Å². The molecule has 3 rings (SSSR count). The Morgan fingerprint density at radius 3 is 1.48 bits per heavy atom. The predicted octanol–water partition coefficient (Wildman–Crippen LogP) is 10.4. The van der Waals surface area contributed by atoms with Gasteiger partial charge in [-0.05, 0) is 72.6 Å². The Morgan fingerprint density at radius 1 is 0.581 bits per heavy atom. The molecule has 1 aromatic rings. The molecular weight excluding hydrogens is 372 g/mol. The molecule has 2 unspecified atom stereocenters. The molecule has 0 aromatic heterocycles. The summed E-state index contributed by atoms with van der Waals surface area (Å²) in [6.45, 7) is 4.61. The van der Waals surface area contributed by atoms with E-state index in [1.54, 1.807) is 11.1 Å². The van der Waals surface area contributed by atoms with Gasteiger partial charge in [-0.15, -0.1) is 0 Å². The Labute approximate surface area is 193 Å². The highest BCUT2D eigenvalue weighted by Gasteiger charge is 2.17. The molecular formula is C31H48. The van der Waals surface area contributed by atoms with Crippen LogP contribution >= 0.6 is 0 Å². The van der Waals surface area contributed by atoms with E-state index < -0.39 is 0 Å². The Balaban J connectivity index is 1.40. The number of allylic oxidation sites excluding steroid dienone is 4. The Hall–Kier alpha value is -1.30. The lowest BCUT2D eigenvalue weighted by atomic mass is 9.82. The highest BCUT2D eigenvalue weighted by atomic mass is 14.2. The Bertz CT molecular complexity index is 674. The minimum atomic E-state index is 0.935. The molecule has 0 amide bonds. The van der Waals surface area contributed by atoms with E-state index >= 15 is 0 Å². The Kier molecular flexibility index (Phi) is 11.0. The summed E-state index contributed by atoms with van der Waals surface area (Å²) in [6, 6.07) is 9.56. The van der Waals surface area contributed by atoms with E-state index in [1.807, 2.05) is 0 Å². The molecule has 0 aliphatic heterocycles. The molecule has 0 fully saturated rings. The van der Waals surface area contributed by atoms with Crippen LogP contribution in [0.3, 0.4) is 0 Å².